The van der Waals surface area contributed by atoms with E-state index in [1.165, 1.54) is 16.1 Å². The van der Waals surface area contributed by atoms with Gasteiger partial charge in [-0.25, -0.2) is 9.58 Å². The summed E-state index contributed by atoms with van der Waals surface area (Å²) in [4.78, 5) is 25.6. The van der Waals surface area contributed by atoms with Crippen molar-refractivity contribution in [3.05, 3.63) is 96.0 Å². The lowest BCUT2D eigenvalue weighted by atomic mass is 10.1. The van der Waals surface area contributed by atoms with Gasteiger partial charge in [-0.15, -0.1) is 10.2 Å². The number of anilines is 2. The molecule has 1 amide bonds. The summed E-state index contributed by atoms with van der Waals surface area (Å²) < 4.78 is 3.23. The predicted molar refractivity (Wildman–Crippen MR) is 138 cm³/mol. The number of fused-ring (bicyclic) bond motifs is 1. The third-order valence-electron chi connectivity index (χ3n) is 6.07. The number of nitrogens with zero attached hydrogens (tertiary/aromatic N) is 8. The third kappa shape index (κ3) is 5.06. The minimum Gasteiger partial charge on any atom is -0.325 e. The highest BCUT2D eigenvalue weighted by Crippen LogP contribution is 2.30. The molecule has 3 aromatic heterocycles. The second kappa shape index (κ2) is 10.6. The number of hydroxylamine groups is 3. The summed E-state index contributed by atoms with van der Waals surface area (Å²) in [5, 5.41) is 22.2. The van der Waals surface area contributed by atoms with Gasteiger partial charge in [0, 0.05) is 23.1 Å². The van der Waals surface area contributed by atoms with E-state index >= 15 is 0 Å². The van der Waals surface area contributed by atoms with Crippen LogP contribution in [0.15, 0.2) is 85.5 Å². The second-order valence-corrected chi connectivity index (χ2v) is 8.95. The van der Waals surface area contributed by atoms with Gasteiger partial charge in [0.15, 0.2) is 13.5 Å². The Morgan fingerprint density at radius 3 is 2.71 bits per heavy atom. The summed E-state index contributed by atoms with van der Waals surface area (Å²) >= 11 is 6.26. The van der Waals surface area contributed by atoms with E-state index in [2.05, 4.69) is 25.9 Å². The first-order chi connectivity index (χ1) is 18.6. The Labute approximate surface area is 221 Å². The number of hydrogen-bond donors (Lipinski definition) is 1. The van der Waals surface area contributed by atoms with Gasteiger partial charge in [-0.3, -0.25) is 14.5 Å². The van der Waals surface area contributed by atoms with Gasteiger partial charge in [0.2, 0.25) is 5.91 Å². The van der Waals surface area contributed by atoms with Crippen LogP contribution in [0.3, 0.4) is 0 Å². The number of halogens is 1. The Kier molecular flexibility index (Phi) is 6.67. The maximum atomic E-state index is 13.5. The molecule has 4 heterocycles. The molecule has 0 spiro atoms. The summed E-state index contributed by atoms with van der Waals surface area (Å²) in [6.07, 6.45) is 5.39. The lowest BCUT2D eigenvalue weighted by molar-refractivity contribution is -0.279. The smallest absolute Gasteiger partial charge is 0.244 e. The normalized spacial score (nSPS) is 15.0. The Bertz CT molecular complexity index is 1540. The van der Waals surface area contributed by atoms with Crippen molar-refractivity contribution in [3.63, 3.8) is 0 Å². The third-order valence-corrected chi connectivity index (χ3v) is 6.31. The number of nitrogens with one attached hydrogen (secondary N) is 1. The zero-order valence-corrected chi connectivity index (χ0v) is 20.7. The molecule has 12 nitrogen and oxygen atoms in total. The molecular formula is C25H22ClN9O3. The van der Waals surface area contributed by atoms with Crippen molar-refractivity contribution in [2.45, 2.75) is 12.5 Å². The molecule has 0 bridgehead atoms. The van der Waals surface area contributed by atoms with E-state index in [4.69, 9.17) is 21.3 Å². The van der Waals surface area contributed by atoms with E-state index in [0.717, 1.165) is 11.1 Å². The Morgan fingerprint density at radius 2 is 1.92 bits per heavy atom. The van der Waals surface area contributed by atoms with Crippen LogP contribution in [0, 0.1) is 0 Å². The molecule has 1 atom stereocenters. The lowest BCUT2D eigenvalue weighted by Gasteiger charge is -2.38. The molecule has 1 N–H and O–H groups in total. The van der Waals surface area contributed by atoms with Gasteiger partial charge in [0.05, 0.1) is 16.9 Å². The zero-order valence-electron chi connectivity index (χ0n) is 20.0. The van der Waals surface area contributed by atoms with E-state index < -0.39 is 6.04 Å². The number of aromatic nitrogens is 6. The lowest BCUT2D eigenvalue weighted by Crippen LogP contribution is -2.52. The van der Waals surface area contributed by atoms with Gasteiger partial charge in [-0.1, -0.05) is 41.9 Å². The van der Waals surface area contributed by atoms with Gasteiger partial charge < -0.3 is 5.32 Å². The highest BCUT2D eigenvalue weighted by molar-refractivity contribution is 6.31. The highest BCUT2D eigenvalue weighted by atomic mass is 35.5. The minimum absolute atomic E-state index is 0.00582. The largest absolute Gasteiger partial charge is 0.325 e. The first-order valence-electron chi connectivity index (χ1n) is 11.8. The molecule has 2 aromatic carbocycles. The Hall–Kier alpha value is -4.36. The summed E-state index contributed by atoms with van der Waals surface area (Å²) in [6.45, 7) is 0.00393. The summed E-state index contributed by atoms with van der Waals surface area (Å²) in [5.41, 5.74) is 3.79. The standard InChI is InChI=1S/C25H22ClN9O3/c26-19-6-7-22(33-15-27-30-31-33)23(13-19)34-16-38-35(17-37-34)24(12-18-4-2-1-3-5-18)25(36)29-20-9-11-32-21(14-20)8-10-28-32/h1-11,13-15,24H,12,16-17H2,(H,29,36). The average molecular weight is 532 g/mol. The number of hydrogen-bond acceptors (Lipinski definition) is 9. The molecule has 38 heavy (non-hydrogen) atoms. The Balaban J connectivity index is 1.21. The molecular weight excluding hydrogens is 510 g/mol. The van der Waals surface area contributed by atoms with Crippen LogP contribution in [-0.4, -0.2) is 60.3 Å². The van der Waals surface area contributed by atoms with Gasteiger partial charge in [0.1, 0.15) is 12.4 Å². The van der Waals surface area contributed by atoms with Crippen molar-refractivity contribution >= 4 is 34.4 Å². The van der Waals surface area contributed by atoms with E-state index in [1.807, 2.05) is 42.5 Å². The molecule has 1 saturated heterocycles. The molecule has 5 aromatic rings. The number of benzene rings is 2. The maximum Gasteiger partial charge on any atom is 0.244 e. The first-order valence-corrected chi connectivity index (χ1v) is 12.1. The summed E-state index contributed by atoms with van der Waals surface area (Å²) in [5.74, 6) is -0.230. The fourth-order valence-electron chi connectivity index (χ4n) is 4.20. The van der Waals surface area contributed by atoms with Crippen molar-refractivity contribution in [1.29, 1.82) is 0 Å². The van der Waals surface area contributed by atoms with Crippen LogP contribution in [0.4, 0.5) is 11.4 Å². The summed E-state index contributed by atoms with van der Waals surface area (Å²) in [7, 11) is 0. The molecule has 6 rings (SSSR count). The first kappa shape index (κ1) is 24.0. The summed E-state index contributed by atoms with van der Waals surface area (Å²) in [6, 6.07) is 19.9. The highest BCUT2D eigenvalue weighted by Gasteiger charge is 2.32. The molecule has 1 unspecified atom stereocenters. The van der Waals surface area contributed by atoms with E-state index in [-0.39, 0.29) is 19.4 Å². The number of carbonyl (C=O) groups is 1. The number of tetrazole rings is 1. The predicted octanol–water partition coefficient (Wildman–Crippen LogP) is 3.11. The number of amides is 1. The average Bonchev–Trinajstić information content (AvgIpc) is 3.65. The second-order valence-electron chi connectivity index (χ2n) is 8.51. The van der Waals surface area contributed by atoms with E-state index in [0.29, 0.717) is 28.5 Å². The Morgan fingerprint density at radius 1 is 1.03 bits per heavy atom. The fraction of sp³-hybridized carbons (Fsp3) is 0.160. The topological polar surface area (TPSA) is 115 Å². The van der Waals surface area contributed by atoms with Crippen LogP contribution in [0.1, 0.15) is 5.56 Å². The van der Waals surface area contributed by atoms with Crippen molar-refractivity contribution in [3.8, 4) is 5.69 Å². The van der Waals surface area contributed by atoms with Crippen molar-refractivity contribution in [2.24, 2.45) is 0 Å². The molecule has 1 fully saturated rings. The van der Waals surface area contributed by atoms with Crippen LogP contribution in [-0.2, 0) is 20.9 Å². The zero-order chi connectivity index (χ0) is 25.9. The van der Waals surface area contributed by atoms with Crippen LogP contribution < -0.4 is 10.4 Å². The van der Waals surface area contributed by atoms with Crippen LogP contribution in [0.2, 0.25) is 5.02 Å². The molecule has 13 heteroatoms. The van der Waals surface area contributed by atoms with Crippen LogP contribution >= 0.6 is 11.6 Å². The quantitative estimate of drug-likeness (QED) is 0.338. The van der Waals surface area contributed by atoms with Gasteiger partial charge >= 0.3 is 0 Å². The fourth-order valence-corrected chi connectivity index (χ4v) is 4.36. The van der Waals surface area contributed by atoms with Gasteiger partial charge in [-0.2, -0.15) is 9.78 Å². The molecule has 0 saturated carbocycles. The molecule has 0 radical (unpaired) electrons. The number of pyridine rings is 1. The molecule has 1 aliphatic heterocycles. The van der Waals surface area contributed by atoms with Crippen molar-refractivity contribution in [1.82, 2.24) is 34.9 Å². The minimum atomic E-state index is -0.668. The van der Waals surface area contributed by atoms with Gasteiger partial charge in [-0.05, 0) is 58.8 Å². The van der Waals surface area contributed by atoms with Crippen molar-refractivity contribution in [2.75, 3.05) is 23.8 Å². The van der Waals surface area contributed by atoms with Gasteiger partial charge in [0.25, 0.3) is 0 Å². The van der Waals surface area contributed by atoms with Crippen molar-refractivity contribution < 1.29 is 14.5 Å². The van der Waals surface area contributed by atoms with Crippen LogP contribution in [0.5, 0.6) is 0 Å². The van der Waals surface area contributed by atoms with E-state index in [9.17, 15) is 4.79 Å². The number of rotatable bonds is 7. The maximum absolute atomic E-state index is 13.5. The molecule has 192 valence electrons. The SMILES string of the molecule is O=C(Nc1ccn2nccc2c1)C(Cc1ccccc1)N1CON(c2cc(Cl)ccc2-n2cnnn2)CO1. The monoisotopic (exact) mass is 531 g/mol. The van der Waals surface area contributed by atoms with Crippen LogP contribution in [0.25, 0.3) is 11.2 Å². The number of carbonyl (C=O) groups excluding carboxylic acids is 1. The molecule has 0 aliphatic carbocycles. The molecule has 1 aliphatic rings. The van der Waals surface area contributed by atoms with E-state index in [1.54, 1.807) is 46.2 Å².